The minimum Gasteiger partial charge on any atom is -0.319 e. The fraction of sp³-hybridized carbons (Fsp3) is 0.286. The lowest BCUT2D eigenvalue weighted by molar-refractivity contribution is 1.05. The van der Waals surface area contributed by atoms with Gasteiger partial charge in [-0.2, -0.15) is 0 Å². The van der Waals surface area contributed by atoms with Crippen molar-refractivity contribution in [2.75, 3.05) is 0 Å². The number of hydrogen-bond acceptors (Lipinski definition) is 4. The maximum Gasteiger partial charge on any atom is 0.107 e. The van der Waals surface area contributed by atoms with E-state index in [1.54, 1.807) is 27.8 Å². The van der Waals surface area contributed by atoms with Crippen LogP contribution in [0.3, 0.4) is 0 Å². The van der Waals surface area contributed by atoms with Crippen LogP contribution in [0.5, 0.6) is 0 Å². The van der Waals surface area contributed by atoms with Crippen LogP contribution < -0.4 is 5.73 Å². The lowest BCUT2D eigenvalue weighted by Crippen LogP contribution is -2.06. The van der Waals surface area contributed by atoms with Gasteiger partial charge in [0.25, 0.3) is 0 Å². The van der Waals surface area contributed by atoms with Gasteiger partial charge >= 0.3 is 0 Å². The Morgan fingerprint density at radius 2 is 2.25 bits per heavy atom. The number of pyridine rings is 1. The summed E-state index contributed by atoms with van der Waals surface area (Å²) in [6.45, 7) is 1.96. The molecule has 1 rings (SSSR count). The number of halogens is 1. The zero-order valence-electron chi connectivity index (χ0n) is 6.64. The van der Waals surface area contributed by atoms with Gasteiger partial charge < -0.3 is 5.73 Å². The van der Waals surface area contributed by atoms with Crippen LogP contribution in [0.4, 0.5) is 0 Å². The van der Waals surface area contributed by atoms with Crippen molar-refractivity contribution in [3.8, 4) is 0 Å². The molecule has 0 spiro atoms. The van der Waals surface area contributed by atoms with Gasteiger partial charge in [-0.15, -0.1) is 12.4 Å². The van der Waals surface area contributed by atoms with E-state index in [2.05, 4.69) is 4.98 Å². The zero-order valence-corrected chi connectivity index (χ0v) is 9.09. The molecule has 0 saturated carbocycles. The molecule has 0 saturated heterocycles. The highest BCUT2D eigenvalue weighted by Gasteiger charge is 1.97. The highest BCUT2D eigenvalue weighted by Crippen LogP contribution is 2.30. The molecule has 0 radical (unpaired) electrons. The average molecular weight is 223 g/mol. The predicted molar refractivity (Wildman–Crippen MR) is 58.6 cm³/mol. The van der Waals surface area contributed by atoms with E-state index in [-0.39, 0.29) is 17.8 Å². The van der Waals surface area contributed by atoms with Crippen LogP contribution in [0, 0.1) is 0 Å². The highest BCUT2D eigenvalue weighted by atomic mass is 35.5. The van der Waals surface area contributed by atoms with Gasteiger partial charge in [0.2, 0.25) is 0 Å². The van der Waals surface area contributed by atoms with Gasteiger partial charge in [-0.25, -0.2) is 4.98 Å². The number of hydrogen-bond donors (Lipinski definition) is 1. The van der Waals surface area contributed by atoms with Crippen molar-refractivity contribution in [1.29, 1.82) is 0 Å². The number of aromatic nitrogens is 1. The SMILES string of the molecule is CC(N)SSc1ccccn1.Cl. The summed E-state index contributed by atoms with van der Waals surface area (Å²) < 4.78 is 0. The second-order valence-electron chi connectivity index (χ2n) is 2.05. The Balaban J connectivity index is 0.00000121. The smallest absolute Gasteiger partial charge is 0.107 e. The summed E-state index contributed by atoms with van der Waals surface area (Å²) in [5.74, 6) is 0. The quantitative estimate of drug-likeness (QED) is 0.630. The maximum absolute atomic E-state index is 5.55. The van der Waals surface area contributed by atoms with Gasteiger partial charge in [-0.1, -0.05) is 16.9 Å². The minimum atomic E-state index is 0. The Morgan fingerprint density at radius 1 is 1.50 bits per heavy atom. The molecular formula is C7H11ClN2S2. The van der Waals surface area contributed by atoms with Crippen molar-refractivity contribution < 1.29 is 0 Å². The van der Waals surface area contributed by atoms with E-state index in [1.165, 1.54) is 0 Å². The van der Waals surface area contributed by atoms with Crippen molar-refractivity contribution in [1.82, 2.24) is 4.98 Å². The molecule has 2 N–H and O–H groups in total. The molecule has 1 aromatic rings. The van der Waals surface area contributed by atoms with E-state index < -0.39 is 0 Å². The lowest BCUT2D eigenvalue weighted by atomic mass is 10.5. The van der Waals surface area contributed by atoms with Gasteiger partial charge in [0.15, 0.2) is 0 Å². The molecule has 0 aliphatic carbocycles. The summed E-state index contributed by atoms with van der Waals surface area (Å²) in [7, 11) is 3.23. The first-order valence-electron chi connectivity index (χ1n) is 3.29. The van der Waals surface area contributed by atoms with Gasteiger partial charge in [-0.3, -0.25) is 0 Å². The summed E-state index contributed by atoms with van der Waals surface area (Å²) in [6.07, 6.45) is 1.78. The Hall–Kier alpha value is 0.1000. The molecule has 0 bridgehead atoms. The van der Waals surface area contributed by atoms with Crippen LogP contribution in [0.2, 0.25) is 0 Å². The Bertz CT molecular complexity index is 206. The third kappa shape index (κ3) is 4.87. The average Bonchev–Trinajstić information content (AvgIpc) is 2.03. The third-order valence-electron chi connectivity index (χ3n) is 0.923. The summed E-state index contributed by atoms with van der Waals surface area (Å²) in [5.41, 5.74) is 5.55. The predicted octanol–water partition coefficient (Wildman–Crippen LogP) is 2.55. The summed E-state index contributed by atoms with van der Waals surface area (Å²) in [6, 6.07) is 5.84. The lowest BCUT2D eigenvalue weighted by Gasteiger charge is -2.01. The summed E-state index contributed by atoms with van der Waals surface area (Å²) >= 11 is 0. The fourth-order valence-electron chi connectivity index (χ4n) is 0.522. The first-order valence-corrected chi connectivity index (χ1v) is 5.50. The molecule has 0 aromatic carbocycles. The number of nitrogens with two attached hydrogens (primary N) is 1. The maximum atomic E-state index is 5.55. The van der Waals surface area contributed by atoms with Crippen molar-refractivity contribution in [2.24, 2.45) is 5.73 Å². The van der Waals surface area contributed by atoms with Crippen LogP contribution in [0.25, 0.3) is 0 Å². The molecule has 1 atom stereocenters. The van der Waals surface area contributed by atoms with Gasteiger partial charge in [0, 0.05) is 6.20 Å². The van der Waals surface area contributed by atoms with Crippen molar-refractivity contribution in [2.45, 2.75) is 17.3 Å². The standard InChI is InChI=1S/C7H10N2S2.ClH/c1-6(8)10-11-7-4-2-3-5-9-7;/h2-6H,8H2,1H3;1H. The Labute approximate surface area is 86.5 Å². The Morgan fingerprint density at radius 3 is 2.75 bits per heavy atom. The first kappa shape index (κ1) is 12.1. The molecule has 1 aromatic heterocycles. The van der Waals surface area contributed by atoms with Gasteiger partial charge in [0.05, 0.1) is 5.37 Å². The van der Waals surface area contributed by atoms with E-state index >= 15 is 0 Å². The molecule has 1 unspecified atom stereocenters. The molecule has 68 valence electrons. The van der Waals surface area contributed by atoms with E-state index in [0.29, 0.717) is 0 Å². The molecule has 0 amide bonds. The van der Waals surface area contributed by atoms with Crippen molar-refractivity contribution >= 4 is 34.0 Å². The van der Waals surface area contributed by atoms with E-state index in [4.69, 9.17) is 5.73 Å². The number of rotatable bonds is 3. The second kappa shape index (κ2) is 6.60. The van der Waals surface area contributed by atoms with Gasteiger partial charge in [-0.05, 0) is 29.9 Å². The largest absolute Gasteiger partial charge is 0.319 e. The van der Waals surface area contributed by atoms with Crippen molar-refractivity contribution in [3.63, 3.8) is 0 Å². The van der Waals surface area contributed by atoms with Crippen LogP contribution in [0.15, 0.2) is 29.4 Å². The molecule has 0 fully saturated rings. The van der Waals surface area contributed by atoms with Crippen LogP contribution >= 0.6 is 34.0 Å². The van der Waals surface area contributed by atoms with Crippen LogP contribution in [0.1, 0.15) is 6.92 Å². The molecule has 0 aliphatic heterocycles. The molecule has 2 nitrogen and oxygen atoms in total. The monoisotopic (exact) mass is 222 g/mol. The van der Waals surface area contributed by atoms with Gasteiger partial charge in [0.1, 0.15) is 5.03 Å². The minimum absolute atomic E-state index is 0. The third-order valence-corrected chi connectivity index (χ3v) is 3.45. The van der Waals surface area contributed by atoms with E-state index in [0.717, 1.165) is 5.03 Å². The normalized spacial score (nSPS) is 11.8. The summed E-state index contributed by atoms with van der Waals surface area (Å²) in [5, 5.41) is 1.16. The Kier molecular flexibility index (Phi) is 6.65. The van der Waals surface area contributed by atoms with Crippen LogP contribution in [-0.4, -0.2) is 10.4 Å². The van der Waals surface area contributed by atoms with Crippen LogP contribution in [-0.2, 0) is 0 Å². The topological polar surface area (TPSA) is 38.9 Å². The highest BCUT2D eigenvalue weighted by molar-refractivity contribution is 8.76. The fourth-order valence-corrected chi connectivity index (χ4v) is 2.06. The second-order valence-corrected chi connectivity index (χ2v) is 4.65. The summed E-state index contributed by atoms with van der Waals surface area (Å²) in [4.78, 5) is 4.14. The van der Waals surface area contributed by atoms with E-state index in [1.807, 2.05) is 25.1 Å². The molecule has 5 heteroatoms. The molecule has 1 heterocycles. The number of nitrogens with zero attached hydrogens (tertiary/aromatic N) is 1. The molecule has 12 heavy (non-hydrogen) atoms. The van der Waals surface area contributed by atoms with E-state index in [9.17, 15) is 0 Å². The molecular weight excluding hydrogens is 212 g/mol. The zero-order chi connectivity index (χ0) is 8.10. The first-order chi connectivity index (χ1) is 5.29. The molecule has 0 aliphatic rings. The van der Waals surface area contributed by atoms with Crippen molar-refractivity contribution in [3.05, 3.63) is 24.4 Å².